The molecule has 142 valence electrons. The SMILES string of the molecule is C[N+]1(C)C2CCC1CC(OC(=O)C(O)(c1ccccc1)c1ccccc1)C2. The van der Waals surface area contributed by atoms with Crippen LogP contribution in [0.1, 0.15) is 36.8 Å². The van der Waals surface area contributed by atoms with Crippen molar-refractivity contribution in [3.8, 4) is 0 Å². The fraction of sp³-hybridized carbons (Fsp3) is 0.435. The highest BCUT2D eigenvalue weighted by atomic mass is 16.6. The van der Waals surface area contributed by atoms with Crippen molar-refractivity contribution < 1.29 is 19.1 Å². The van der Waals surface area contributed by atoms with Crippen molar-refractivity contribution in [2.75, 3.05) is 14.1 Å². The summed E-state index contributed by atoms with van der Waals surface area (Å²) in [5.74, 6) is -0.573. The maximum atomic E-state index is 13.3. The quantitative estimate of drug-likeness (QED) is 0.667. The van der Waals surface area contributed by atoms with E-state index in [0.29, 0.717) is 23.2 Å². The summed E-state index contributed by atoms with van der Waals surface area (Å²) in [4.78, 5) is 13.3. The van der Waals surface area contributed by atoms with Gasteiger partial charge in [0.2, 0.25) is 5.60 Å². The minimum Gasteiger partial charge on any atom is -0.459 e. The lowest BCUT2D eigenvalue weighted by molar-refractivity contribution is -0.931. The molecule has 4 nitrogen and oxygen atoms in total. The number of piperidine rings is 1. The van der Waals surface area contributed by atoms with E-state index >= 15 is 0 Å². The van der Waals surface area contributed by atoms with Crippen molar-refractivity contribution in [3.05, 3.63) is 71.8 Å². The molecule has 4 rings (SSSR count). The first-order valence-electron chi connectivity index (χ1n) is 9.80. The molecule has 2 aromatic rings. The third kappa shape index (κ3) is 3.07. The van der Waals surface area contributed by atoms with Gasteiger partial charge in [0.05, 0.1) is 26.2 Å². The summed E-state index contributed by atoms with van der Waals surface area (Å²) in [5, 5.41) is 11.5. The van der Waals surface area contributed by atoms with Crippen LogP contribution in [0.2, 0.25) is 0 Å². The van der Waals surface area contributed by atoms with E-state index in [0.717, 1.165) is 17.3 Å². The Morgan fingerprint density at radius 2 is 1.37 bits per heavy atom. The van der Waals surface area contributed by atoms with Gasteiger partial charge in [0, 0.05) is 25.7 Å². The molecule has 4 heteroatoms. The van der Waals surface area contributed by atoms with Gasteiger partial charge >= 0.3 is 5.97 Å². The summed E-state index contributed by atoms with van der Waals surface area (Å²) in [5.41, 5.74) is -0.712. The van der Waals surface area contributed by atoms with E-state index in [1.165, 1.54) is 12.8 Å². The lowest BCUT2D eigenvalue weighted by Crippen LogP contribution is -2.56. The van der Waals surface area contributed by atoms with Gasteiger partial charge in [0.25, 0.3) is 0 Å². The Bertz CT molecular complexity index is 747. The van der Waals surface area contributed by atoms with Crippen LogP contribution in [0.5, 0.6) is 0 Å². The highest BCUT2D eigenvalue weighted by Gasteiger charge is 2.51. The standard InChI is InChI=1S/C23H28NO3/c1-24(2)19-13-14-20(24)16-21(15-19)27-22(25)23(26,17-9-5-3-6-10-17)18-11-7-4-8-12-18/h3-12,19-21,26H,13-16H2,1-2H3/q+1. The van der Waals surface area contributed by atoms with Crippen LogP contribution in [0.15, 0.2) is 60.7 Å². The van der Waals surface area contributed by atoms with Crippen LogP contribution in [-0.4, -0.2) is 47.8 Å². The first kappa shape index (κ1) is 18.2. The summed E-state index contributed by atoms with van der Waals surface area (Å²) < 4.78 is 6.96. The van der Waals surface area contributed by atoms with Crippen molar-refractivity contribution in [3.63, 3.8) is 0 Å². The van der Waals surface area contributed by atoms with E-state index in [-0.39, 0.29) is 6.10 Å². The van der Waals surface area contributed by atoms with Gasteiger partial charge in [-0.1, -0.05) is 60.7 Å². The van der Waals surface area contributed by atoms with Gasteiger partial charge in [-0.05, 0) is 11.1 Å². The third-order valence-corrected chi connectivity index (χ3v) is 6.74. The summed E-state index contributed by atoms with van der Waals surface area (Å²) in [6, 6.07) is 19.2. The smallest absolute Gasteiger partial charge is 0.347 e. The normalized spacial score (nSPS) is 26.6. The number of rotatable bonds is 4. The molecule has 0 saturated carbocycles. The average molecular weight is 366 g/mol. The number of esters is 1. The summed E-state index contributed by atoms with van der Waals surface area (Å²) >= 11 is 0. The maximum absolute atomic E-state index is 13.3. The monoisotopic (exact) mass is 366 g/mol. The van der Waals surface area contributed by atoms with E-state index in [1.54, 1.807) is 24.3 Å². The van der Waals surface area contributed by atoms with Crippen LogP contribution in [0.3, 0.4) is 0 Å². The fourth-order valence-corrected chi connectivity index (χ4v) is 4.92. The molecule has 0 spiro atoms. The van der Waals surface area contributed by atoms with Gasteiger partial charge in [0.1, 0.15) is 6.10 Å². The number of nitrogens with zero attached hydrogens (tertiary/aromatic N) is 1. The van der Waals surface area contributed by atoms with Crippen molar-refractivity contribution in [1.82, 2.24) is 0 Å². The van der Waals surface area contributed by atoms with E-state index in [2.05, 4.69) is 14.1 Å². The van der Waals surface area contributed by atoms with Crippen LogP contribution >= 0.6 is 0 Å². The first-order valence-corrected chi connectivity index (χ1v) is 9.80. The lowest BCUT2D eigenvalue weighted by Gasteiger charge is -2.44. The Kier molecular flexibility index (Phi) is 4.57. The van der Waals surface area contributed by atoms with Crippen LogP contribution in [-0.2, 0) is 15.1 Å². The highest BCUT2D eigenvalue weighted by molar-refractivity contribution is 5.85. The van der Waals surface area contributed by atoms with Crippen LogP contribution < -0.4 is 0 Å². The predicted octanol–water partition coefficient (Wildman–Crippen LogP) is 3.24. The van der Waals surface area contributed by atoms with Gasteiger partial charge in [0.15, 0.2) is 0 Å². The second-order valence-corrected chi connectivity index (χ2v) is 8.46. The molecule has 0 aromatic heterocycles. The number of hydrogen-bond acceptors (Lipinski definition) is 3. The molecule has 2 atom stereocenters. The van der Waals surface area contributed by atoms with Crippen molar-refractivity contribution >= 4 is 5.97 Å². The molecule has 2 saturated heterocycles. The molecule has 2 aromatic carbocycles. The number of carbonyl (C=O) groups is 1. The third-order valence-electron chi connectivity index (χ3n) is 6.74. The number of fused-ring (bicyclic) bond motifs is 2. The maximum Gasteiger partial charge on any atom is 0.347 e. The van der Waals surface area contributed by atoms with Gasteiger partial charge < -0.3 is 14.3 Å². The minimum absolute atomic E-state index is 0.125. The fourth-order valence-electron chi connectivity index (χ4n) is 4.92. The van der Waals surface area contributed by atoms with E-state index < -0.39 is 11.6 Å². The molecule has 2 heterocycles. The van der Waals surface area contributed by atoms with Crippen LogP contribution in [0.25, 0.3) is 0 Å². The lowest BCUT2D eigenvalue weighted by atomic mass is 9.86. The number of carbonyl (C=O) groups excluding carboxylic acids is 1. The van der Waals surface area contributed by atoms with E-state index in [4.69, 9.17) is 4.74 Å². The second kappa shape index (κ2) is 6.77. The number of benzene rings is 2. The molecular formula is C23H28NO3+. The van der Waals surface area contributed by atoms with Crippen LogP contribution in [0.4, 0.5) is 0 Å². The van der Waals surface area contributed by atoms with Gasteiger partial charge in [-0.25, -0.2) is 4.79 Å². The van der Waals surface area contributed by atoms with Crippen molar-refractivity contribution in [2.24, 2.45) is 0 Å². The highest BCUT2D eigenvalue weighted by Crippen LogP contribution is 2.41. The summed E-state index contributed by atoms with van der Waals surface area (Å²) in [7, 11) is 4.56. The molecule has 27 heavy (non-hydrogen) atoms. The molecule has 2 unspecified atom stereocenters. The minimum atomic E-state index is -1.79. The zero-order valence-electron chi connectivity index (χ0n) is 16.0. The molecule has 0 aliphatic carbocycles. The second-order valence-electron chi connectivity index (χ2n) is 8.46. The molecule has 0 amide bonds. The molecule has 1 N–H and O–H groups in total. The number of ether oxygens (including phenoxy) is 1. The average Bonchev–Trinajstić information content (AvgIpc) is 2.86. The predicted molar refractivity (Wildman–Crippen MR) is 104 cm³/mol. The van der Waals surface area contributed by atoms with Gasteiger partial charge in [-0.3, -0.25) is 0 Å². The number of quaternary nitrogens is 1. The molecule has 0 radical (unpaired) electrons. The van der Waals surface area contributed by atoms with Crippen molar-refractivity contribution in [1.29, 1.82) is 0 Å². The number of aliphatic hydroxyl groups is 1. The topological polar surface area (TPSA) is 46.5 Å². The van der Waals surface area contributed by atoms with Crippen molar-refractivity contribution in [2.45, 2.75) is 49.5 Å². The zero-order chi connectivity index (χ0) is 19.1. The van der Waals surface area contributed by atoms with E-state index in [9.17, 15) is 9.90 Å². The largest absolute Gasteiger partial charge is 0.459 e. The summed E-state index contributed by atoms with van der Waals surface area (Å²) in [6.07, 6.45) is 3.99. The number of hydrogen-bond donors (Lipinski definition) is 1. The van der Waals surface area contributed by atoms with Gasteiger partial charge in [-0.15, -0.1) is 0 Å². The van der Waals surface area contributed by atoms with Crippen LogP contribution in [0, 0.1) is 0 Å². The molecule has 2 bridgehead atoms. The molecule has 2 fully saturated rings. The molecule has 2 aliphatic heterocycles. The Labute approximate surface area is 161 Å². The Hall–Kier alpha value is -2.17. The Morgan fingerprint density at radius 3 is 1.81 bits per heavy atom. The van der Waals surface area contributed by atoms with E-state index in [1.807, 2.05) is 36.4 Å². The molecular weight excluding hydrogens is 338 g/mol. The molecule has 2 aliphatic rings. The van der Waals surface area contributed by atoms with Gasteiger partial charge in [-0.2, -0.15) is 0 Å². The first-order chi connectivity index (χ1) is 12.9. The Morgan fingerprint density at radius 1 is 0.926 bits per heavy atom. The zero-order valence-corrected chi connectivity index (χ0v) is 16.0. The summed E-state index contributed by atoms with van der Waals surface area (Å²) in [6.45, 7) is 0. The Balaban J connectivity index is 1.61.